The van der Waals surface area contributed by atoms with Crippen molar-refractivity contribution in [1.82, 2.24) is 9.62 Å². The first-order valence-electron chi connectivity index (χ1n) is 9.73. The minimum absolute atomic E-state index is 0. The van der Waals surface area contributed by atoms with Crippen LogP contribution in [0.5, 0.6) is 0 Å². The lowest BCUT2D eigenvalue weighted by molar-refractivity contribution is 0.293. The van der Waals surface area contributed by atoms with Crippen molar-refractivity contribution in [3.63, 3.8) is 0 Å². The Morgan fingerprint density at radius 1 is 1.00 bits per heavy atom. The fourth-order valence-corrected chi connectivity index (χ4v) is 4.94. The van der Waals surface area contributed by atoms with Gasteiger partial charge < -0.3 is 9.80 Å². The monoisotopic (exact) mass is 427 g/mol. The van der Waals surface area contributed by atoms with Crippen molar-refractivity contribution in [3.8, 4) is 0 Å². The van der Waals surface area contributed by atoms with E-state index in [0.29, 0.717) is 4.90 Å². The molecule has 1 N–H and O–H groups in total. The molecule has 0 aromatic heterocycles. The third-order valence-electron chi connectivity index (χ3n) is 4.99. The second-order valence-corrected chi connectivity index (χ2v) is 8.90. The van der Waals surface area contributed by atoms with Crippen LogP contribution in [0.4, 0.5) is 5.69 Å². The lowest BCUT2D eigenvalue weighted by Crippen LogP contribution is -2.33. The fraction of sp³-hybridized carbons (Fsp3) is 0.524. The van der Waals surface area contributed by atoms with Gasteiger partial charge in [0.1, 0.15) is 0 Å². The Morgan fingerprint density at radius 2 is 1.61 bits per heavy atom. The summed E-state index contributed by atoms with van der Waals surface area (Å²) in [5, 5.41) is 1.70. The van der Waals surface area contributed by atoms with Crippen molar-refractivity contribution in [2.24, 2.45) is 0 Å². The van der Waals surface area contributed by atoms with Crippen molar-refractivity contribution in [1.29, 1.82) is 0 Å². The van der Waals surface area contributed by atoms with Gasteiger partial charge in [0.25, 0.3) is 0 Å². The molecule has 0 radical (unpaired) electrons. The van der Waals surface area contributed by atoms with Crippen LogP contribution in [0.25, 0.3) is 10.8 Å². The molecule has 0 aliphatic rings. The average Bonchev–Trinajstić information content (AvgIpc) is 2.63. The number of rotatable bonds is 10. The van der Waals surface area contributed by atoms with E-state index in [1.54, 1.807) is 6.07 Å². The van der Waals surface area contributed by atoms with Gasteiger partial charge in [-0.25, -0.2) is 13.1 Å². The number of hydrogen-bond donors (Lipinski definition) is 1. The highest BCUT2D eigenvalue weighted by molar-refractivity contribution is 7.89. The van der Waals surface area contributed by atoms with Crippen LogP contribution in [0.2, 0.25) is 0 Å². The zero-order chi connectivity index (χ0) is 20.0. The zero-order valence-electron chi connectivity index (χ0n) is 17.6. The van der Waals surface area contributed by atoms with Crippen LogP contribution in [0.1, 0.15) is 33.6 Å². The number of anilines is 1. The molecule has 28 heavy (non-hydrogen) atoms. The summed E-state index contributed by atoms with van der Waals surface area (Å²) in [6, 6.07) is 11.2. The van der Waals surface area contributed by atoms with Crippen LogP contribution in [-0.4, -0.2) is 53.1 Å². The van der Waals surface area contributed by atoms with E-state index in [0.717, 1.165) is 48.9 Å². The molecule has 0 saturated heterocycles. The lowest BCUT2D eigenvalue weighted by Gasteiger charge is -2.20. The van der Waals surface area contributed by atoms with Crippen molar-refractivity contribution < 1.29 is 8.42 Å². The summed E-state index contributed by atoms with van der Waals surface area (Å²) >= 11 is 0. The van der Waals surface area contributed by atoms with Crippen LogP contribution in [-0.2, 0) is 10.0 Å². The van der Waals surface area contributed by atoms with E-state index in [9.17, 15) is 8.42 Å². The number of nitrogens with one attached hydrogen (secondary N) is 1. The molecule has 2 rings (SSSR count). The molecule has 1 unspecified atom stereocenters. The first-order chi connectivity index (χ1) is 12.8. The van der Waals surface area contributed by atoms with Crippen LogP contribution in [0.3, 0.4) is 0 Å². The first-order valence-corrected chi connectivity index (χ1v) is 11.2. The van der Waals surface area contributed by atoms with Gasteiger partial charge in [-0.2, -0.15) is 0 Å². The number of benzene rings is 2. The summed E-state index contributed by atoms with van der Waals surface area (Å²) in [5.74, 6) is 0. The van der Waals surface area contributed by atoms with Gasteiger partial charge in [-0.1, -0.05) is 38.1 Å². The Morgan fingerprint density at radius 3 is 2.21 bits per heavy atom. The maximum absolute atomic E-state index is 13.0. The predicted molar refractivity (Wildman–Crippen MR) is 122 cm³/mol. The molecule has 0 fully saturated rings. The normalized spacial score (nSPS) is 12.8. The maximum Gasteiger partial charge on any atom is 0.241 e. The van der Waals surface area contributed by atoms with Gasteiger partial charge in [-0.15, -0.1) is 12.4 Å². The molecule has 0 amide bonds. The second-order valence-electron chi connectivity index (χ2n) is 7.21. The van der Waals surface area contributed by atoms with E-state index >= 15 is 0 Å². The van der Waals surface area contributed by atoms with Crippen molar-refractivity contribution in [2.75, 3.05) is 38.6 Å². The highest BCUT2D eigenvalue weighted by atomic mass is 35.5. The van der Waals surface area contributed by atoms with Gasteiger partial charge in [0.15, 0.2) is 0 Å². The number of fused-ring (bicyclic) bond motifs is 1. The molecule has 2 aromatic carbocycles. The van der Waals surface area contributed by atoms with Gasteiger partial charge in [0.05, 0.1) is 4.90 Å². The lowest BCUT2D eigenvalue weighted by atomic mass is 10.1. The topological polar surface area (TPSA) is 52.7 Å². The Bertz CT molecular complexity index is 852. The first kappa shape index (κ1) is 24.7. The van der Waals surface area contributed by atoms with Crippen LogP contribution in [0.15, 0.2) is 41.3 Å². The van der Waals surface area contributed by atoms with Crippen LogP contribution < -0.4 is 9.62 Å². The molecule has 0 aliphatic carbocycles. The molecular formula is C21H34ClN3O2S. The zero-order valence-corrected chi connectivity index (χ0v) is 19.2. The smallest absolute Gasteiger partial charge is 0.241 e. The highest BCUT2D eigenvalue weighted by Crippen LogP contribution is 2.30. The minimum Gasteiger partial charge on any atom is -0.377 e. The average molecular weight is 428 g/mol. The van der Waals surface area contributed by atoms with Crippen LogP contribution in [0, 0.1) is 0 Å². The third-order valence-corrected chi connectivity index (χ3v) is 6.64. The summed E-state index contributed by atoms with van der Waals surface area (Å²) in [5.41, 5.74) is 1.01. The van der Waals surface area contributed by atoms with E-state index in [4.69, 9.17) is 0 Å². The van der Waals surface area contributed by atoms with Crippen LogP contribution >= 0.6 is 12.4 Å². The number of halogens is 1. The Balaban J connectivity index is 0.00000392. The fourth-order valence-electron chi connectivity index (χ4n) is 3.44. The Hall–Kier alpha value is -1.34. The molecule has 0 spiro atoms. The molecule has 0 heterocycles. The minimum atomic E-state index is -3.57. The summed E-state index contributed by atoms with van der Waals surface area (Å²) in [6.45, 7) is 9.30. The van der Waals surface area contributed by atoms with Crippen molar-refractivity contribution >= 4 is 38.9 Å². The molecule has 0 aliphatic heterocycles. The molecule has 7 heteroatoms. The van der Waals surface area contributed by atoms with Gasteiger partial charge >= 0.3 is 0 Å². The highest BCUT2D eigenvalue weighted by Gasteiger charge is 2.20. The standard InChI is InChI=1S/C21H33N3O2S.ClH/c1-6-24(7-2)16-10-11-17(3)22-27(25,26)21-15-9-12-18-19(21)13-8-14-20(18)23(4)5;/h8-9,12-15,17,22H,6-7,10-11,16H2,1-5H3;1H. The molecule has 158 valence electrons. The van der Waals surface area contributed by atoms with E-state index in [1.165, 1.54) is 0 Å². The second kappa shape index (κ2) is 11.0. The van der Waals surface area contributed by atoms with E-state index in [-0.39, 0.29) is 18.4 Å². The SMILES string of the molecule is CCN(CC)CCCC(C)NS(=O)(=O)c1cccc2c(N(C)C)cccc12.Cl. The quantitative estimate of drug-likeness (QED) is 0.619. The van der Waals surface area contributed by atoms with Gasteiger partial charge in [0.2, 0.25) is 10.0 Å². The summed E-state index contributed by atoms with van der Waals surface area (Å²) in [6.07, 6.45) is 1.80. The molecule has 2 aromatic rings. The number of sulfonamides is 1. The molecule has 1 atom stereocenters. The van der Waals surface area contributed by atoms with Crippen molar-refractivity contribution in [3.05, 3.63) is 36.4 Å². The predicted octanol–water partition coefficient (Wildman–Crippen LogP) is 4.12. The Kier molecular flexibility index (Phi) is 9.70. The third kappa shape index (κ3) is 6.08. The van der Waals surface area contributed by atoms with Gasteiger partial charge in [0, 0.05) is 36.6 Å². The maximum atomic E-state index is 13.0. The summed E-state index contributed by atoms with van der Waals surface area (Å²) in [7, 11) is 0.356. The number of hydrogen-bond acceptors (Lipinski definition) is 4. The molecule has 5 nitrogen and oxygen atoms in total. The van der Waals surface area contributed by atoms with Gasteiger partial charge in [-0.05, 0) is 51.5 Å². The number of nitrogens with zero attached hydrogens (tertiary/aromatic N) is 2. The van der Waals surface area contributed by atoms with E-state index in [2.05, 4.69) is 23.5 Å². The van der Waals surface area contributed by atoms with E-state index < -0.39 is 10.0 Å². The van der Waals surface area contributed by atoms with Crippen molar-refractivity contribution in [2.45, 2.75) is 44.6 Å². The Labute approximate surface area is 176 Å². The summed E-state index contributed by atoms with van der Waals surface area (Å²) < 4.78 is 28.9. The van der Waals surface area contributed by atoms with Gasteiger partial charge in [-0.3, -0.25) is 0 Å². The van der Waals surface area contributed by atoms with E-state index in [1.807, 2.05) is 56.3 Å². The molecule has 0 bridgehead atoms. The molecular weight excluding hydrogens is 394 g/mol. The summed E-state index contributed by atoms with van der Waals surface area (Å²) in [4.78, 5) is 4.70. The largest absolute Gasteiger partial charge is 0.377 e. The molecule has 0 saturated carbocycles.